The van der Waals surface area contributed by atoms with Crippen LogP contribution in [0.2, 0.25) is 0 Å². The van der Waals surface area contributed by atoms with Crippen molar-refractivity contribution in [2.75, 3.05) is 24.8 Å². The predicted molar refractivity (Wildman–Crippen MR) is 74.7 cm³/mol. The summed E-state index contributed by atoms with van der Waals surface area (Å²) in [7, 11) is 3.42. The topological polar surface area (TPSA) is 38.5 Å². The second kappa shape index (κ2) is 5.94. The maximum absolute atomic E-state index is 13.9. The van der Waals surface area contributed by atoms with E-state index in [0.29, 0.717) is 23.0 Å². The lowest BCUT2D eigenvalue weighted by Gasteiger charge is -2.29. The maximum Gasteiger partial charge on any atom is 0.148 e. The summed E-state index contributed by atoms with van der Waals surface area (Å²) in [6, 6.07) is 3.22. The van der Waals surface area contributed by atoms with E-state index in [2.05, 4.69) is 20.8 Å². The van der Waals surface area contributed by atoms with E-state index >= 15 is 0 Å². The van der Waals surface area contributed by atoms with Crippen LogP contribution in [0.25, 0.3) is 0 Å². The number of anilines is 2. The number of benzene rings is 1. The van der Waals surface area contributed by atoms with Gasteiger partial charge in [-0.05, 0) is 19.3 Å². The van der Waals surface area contributed by atoms with Crippen LogP contribution in [-0.2, 0) is 0 Å². The molecule has 0 amide bonds. The lowest BCUT2D eigenvalue weighted by Crippen LogP contribution is -2.30. The highest BCUT2D eigenvalue weighted by Gasteiger charge is 2.17. The van der Waals surface area contributed by atoms with Crippen LogP contribution in [0.15, 0.2) is 12.1 Å². The van der Waals surface area contributed by atoms with Crippen molar-refractivity contribution >= 4 is 11.4 Å². The zero-order valence-corrected chi connectivity index (χ0v) is 11.8. The molecule has 18 heavy (non-hydrogen) atoms. The summed E-state index contributed by atoms with van der Waals surface area (Å²) in [4.78, 5) is 1.93. The molecule has 1 rings (SSSR count). The summed E-state index contributed by atoms with van der Waals surface area (Å²) >= 11 is 0. The van der Waals surface area contributed by atoms with E-state index < -0.39 is 0 Å². The van der Waals surface area contributed by atoms with Gasteiger partial charge in [-0.1, -0.05) is 13.8 Å². The fraction of sp³-hybridized carbons (Fsp3) is 0.571. The van der Waals surface area contributed by atoms with Gasteiger partial charge in [0.15, 0.2) is 0 Å². The van der Waals surface area contributed by atoms with Gasteiger partial charge in [-0.25, -0.2) is 4.39 Å². The van der Waals surface area contributed by atoms with Crippen molar-refractivity contribution in [2.45, 2.75) is 33.2 Å². The van der Waals surface area contributed by atoms with Gasteiger partial charge in [0.05, 0.1) is 18.5 Å². The van der Waals surface area contributed by atoms with E-state index in [0.717, 1.165) is 6.42 Å². The lowest BCUT2D eigenvalue weighted by atomic mass is 10.0. The van der Waals surface area contributed by atoms with E-state index in [4.69, 9.17) is 10.5 Å². The molecule has 2 N–H and O–H groups in total. The molecule has 1 aromatic rings. The predicted octanol–water partition coefficient (Wildman–Crippen LogP) is 3.29. The number of nitrogen functional groups attached to an aromatic ring is 1. The minimum atomic E-state index is -0.314. The van der Waals surface area contributed by atoms with Crippen molar-refractivity contribution in [1.29, 1.82) is 0 Å². The average Bonchev–Trinajstić information content (AvgIpc) is 2.27. The average molecular weight is 254 g/mol. The van der Waals surface area contributed by atoms with Gasteiger partial charge in [0, 0.05) is 25.2 Å². The zero-order chi connectivity index (χ0) is 13.9. The third kappa shape index (κ3) is 3.28. The molecule has 0 bridgehead atoms. The second-order valence-corrected chi connectivity index (χ2v) is 5.14. The van der Waals surface area contributed by atoms with Gasteiger partial charge in [0.1, 0.15) is 11.6 Å². The van der Waals surface area contributed by atoms with Gasteiger partial charge in [0.25, 0.3) is 0 Å². The third-order valence-corrected chi connectivity index (χ3v) is 3.15. The molecule has 0 saturated carbocycles. The fourth-order valence-electron chi connectivity index (χ4n) is 2.08. The molecule has 1 aromatic carbocycles. The molecule has 0 saturated heterocycles. The first kappa shape index (κ1) is 14.6. The van der Waals surface area contributed by atoms with Crippen LogP contribution in [0.5, 0.6) is 5.75 Å². The van der Waals surface area contributed by atoms with E-state index in [-0.39, 0.29) is 11.9 Å². The summed E-state index contributed by atoms with van der Waals surface area (Å²) in [5.74, 6) is 0.766. The maximum atomic E-state index is 13.9. The zero-order valence-electron chi connectivity index (χ0n) is 11.8. The SMILES string of the molecule is COc1cc(N(C)C(C)CC(C)C)c(F)cc1N. The number of hydrogen-bond acceptors (Lipinski definition) is 3. The van der Waals surface area contributed by atoms with E-state index in [1.54, 1.807) is 6.07 Å². The molecule has 0 spiro atoms. The smallest absolute Gasteiger partial charge is 0.148 e. The Bertz CT molecular complexity index is 407. The van der Waals surface area contributed by atoms with Crippen molar-refractivity contribution in [3.63, 3.8) is 0 Å². The number of halogens is 1. The summed E-state index contributed by atoms with van der Waals surface area (Å²) in [5, 5.41) is 0. The molecule has 0 aromatic heterocycles. The molecule has 0 aliphatic carbocycles. The number of hydrogen-bond donors (Lipinski definition) is 1. The highest BCUT2D eigenvalue weighted by atomic mass is 19.1. The van der Waals surface area contributed by atoms with Crippen LogP contribution >= 0.6 is 0 Å². The van der Waals surface area contributed by atoms with Crippen molar-refractivity contribution < 1.29 is 9.13 Å². The first-order chi connectivity index (χ1) is 8.36. The van der Waals surface area contributed by atoms with Crippen LogP contribution in [0.3, 0.4) is 0 Å². The first-order valence-electron chi connectivity index (χ1n) is 6.22. The number of nitrogens with two attached hydrogens (primary N) is 1. The van der Waals surface area contributed by atoms with Crippen LogP contribution < -0.4 is 15.4 Å². The van der Waals surface area contributed by atoms with Crippen LogP contribution in [0, 0.1) is 11.7 Å². The normalized spacial score (nSPS) is 12.6. The van der Waals surface area contributed by atoms with Gasteiger partial charge in [-0.15, -0.1) is 0 Å². The highest BCUT2D eigenvalue weighted by Crippen LogP contribution is 2.31. The molecule has 102 valence electrons. The standard InChI is InChI=1S/C14H23FN2O/c1-9(2)6-10(3)17(4)13-8-14(18-5)12(16)7-11(13)15/h7-10H,6,16H2,1-5H3. The molecule has 0 fully saturated rings. The van der Waals surface area contributed by atoms with Crippen molar-refractivity contribution in [3.8, 4) is 5.75 Å². The highest BCUT2D eigenvalue weighted by molar-refractivity contribution is 5.63. The molecule has 0 aliphatic heterocycles. The van der Waals surface area contributed by atoms with Gasteiger partial charge in [-0.2, -0.15) is 0 Å². The second-order valence-electron chi connectivity index (χ2n) is 5.14. The van der Waals surface area contributed by atoms with E-state index in [1.807, 2.05) is 11.9 Å². The van der Waals surface area contributed by atoms with Crippen LogP contribution in [-0.4, -0.2) is 20.2 Å². The Hall–Kier alpha value is -1.45. The molecular weight excluding hydrogens is 231 g/mol. The van der Waals surface area contributed by atoms with Gasteiger partial charge < -0.3 is 15.4 Å². The largest absolute Gasteiger partial charge is 0.495 e. The first-order valence-corrected chi connectivity index (χ1v) is 6.22. The minimum Gasteiger partial charge on any atom is -0.495 e. The third-order valence-electron chi connectivity index (χ3n) is 3.15. The summed E-state index contributed by atoms with van der Waals surface area (Å²) in [6.07, 6.45) is 1.00. The van der Waals surface area contributed by atoms with Gasteiger partial charge >= 0.3 is 0 Å². The number of rotatable bonds is 5. The summed E-state index contributed by atoms with van der Waals surface area (Å²) in [6.45, 7) is 6.40. The van der Waals surface area contributed by atoms with E-state index in [9.17, 15) is 4.39 Å². The Balaban J connectivity index is 3.01. The molecule has 1 unspecified atom stereocenters. The number of ether oxygens (including phenoxy) is 1. The molecule has 0 radical (unpaired) electrons. The molecular formula is C14H23FN2O. The number of methoxy groups -OCH3 is 1. The molecule has 4 heteroatoms. The van der Waals surface area contributed by atoms with Crippen LogP contribution in [0.4, 0.5) is 15.8 Å². The Morgan fingerprint density at radius 2 is 1.94 bits per heavy atom. The Morgan fingerprint density at radius 1 is 1.33 bits per heavy atom. The van der Waals surface area contributed by atoms with Crippen molar-refractivity contribution in [1.82, 2.24) is 0 Å². The molecule has 0 heterocycles. The monoisotopic (exact) mass is 254 g/mol. The quantitative estimate of drug-likeness (QED) is 0.819. The van der Waals surface area contributed by atoms with Crippen LogP contribution in [0.1, 0.15) is 27.2 Å². The van der Waals surface area contributed by atoms with Crippen molar-refractivity contribution in [3.05, 3.63) is 17.9 Å². The fourth-order valence-corrected chi connectivity index (χ4v) is 2.08. The van der Waals surface area contributed by atoms with Gasteiger partial charge in [-0.3, -0.25) is 0 Å². The lowest BCUT2D eigenvalue weighted by molar-refractivity contribution is 0.415. The molecule has 3 nitrogen and oxygen atoms in total. The van der Waals surface area contributed by atoms with Gasteiger partial charge in [0.2, 0.25) is 0 Å². The molecule has 0 aliphatic rings. The Kier molecular flexibility index (Phi) is 4.82. The Morgan fingerprint density at radius 3 is 2.44 bits per heavy atom. The Labute approximate surface area is 109 Å². The molecule has 1 atom stereocenters. The van der Waals surface area contributed by atoms with E-state index in [1.165, 1.54) is 13.2 Å². The number of nitrogens with zero attached hydrogens (tertiary/aromatic N) is 1. The minimum absolute atomic E-state index is 0.257. The van der Waals surface area contributed by atoms with Crippen molar-refractivity contribution in [2.24, 2.45) is 5.92 Å². The summed E-state index contributed by atoms with van der Waals surface area (Å²) in [5.41, 5.74) is 6.52. The summed E-state index contributed by atoms with van der Waals surface area (Å²) < 4.78 is 19.1.